The summed E-state index contributed by atoms with van der Waals surface area (Å²) in [5.74, 6) is 2.96. The summed E-state index contributed by atoms with van der Waals surface area (Å²) in [5, 5.41) is 0. The summed E-state index contributed by atoms with van der Waals surface area (Å²) in [4.78, 5) is 0. The van der Waals surface area contributed by atoms with Gasteiger partial charge < -0.3 is 10.5 Å². The van der Waals surface area contributed by atoms with Gasteiger partial charge in [0.25, 0.3) is 0 Å². The number of thioether (sulfide) groups is 1. The third kappa shape index (κ3) is 3.12. The van der Waals surface area contributed by atoms with Crippen molar-refractivity contribution in [1.82, 2.24) is 0 Å². The molecule has 2 aliphatic heterocycles. The summed E-state index contributed by atoms with van der Waals surface area (Å²) in [6, 6.07) is 8.77. The molecule has 2 nitrogen and oxygen atoms in total. The van der Waals surface area contributed by atoms with Crippen LogP contribution < -0.4 is 5.73 Å². The molecule has 2 N–H and O–H groups in total. The molecule has 0 amide bonds. The van der Waals surface area contributed by atoms with Crippen LogP contribution in [-0.4, -0.2) is 23.7 Å². The average molecular weight is 389 g/mol. The summed E-state index contributed by atoms with van der Waals surface area (Å²) in [7, 11) is 0. The fourth-order valence-electron chi connectivity index (χ4n) is 3.22. The monoisotopic (exact) mass is 389 g/mol. The van der Waals surface area contributed by atoms with Crippen LogP contribution in [0.15, 0.2) is 24.3 Å². The summed E-state index contributed by atoms with van der Waals surface area (Å²) in [5.41, 5.74) is 7.93. The summed E-state index contributed by atoms with van der Waals surface area (Å²) < 4.78 is 7.36. The van der Waals surface area contributed by atoms with Gasteiger partial charge in [0.2, 0.25) is 0 Å². The molecular weight excluding hydrogens is 369 g/mol. The predicted octanol–water partition coefficient (Wildman–Crippen LogP) is 3.59. The molecule has 1 spiro atoms. The number of rotatable bonds is 2. The van der Waals surface area contributed by atoms with Crippen molar-refractivity contribution in [3.63, 3.8) is 0 Å². The van der Waals surface area contributed by atoms with E-state index < -0.39 is 0 Å². The van der Waals surface area contributed by atoms with E-state index in [2.05, 4.69) is 46.9 Å². The maximum atomic E-state index is 6.52. The van der Waals surface area contributed by atoms with Gasteiger partial charge in [-0.2, -0.15) is 11.8 Å². The van der Waals surface area contributed by atoms with E-state index in [4.69, 9.17) is 10.5 Å². The van der Waals surface area contributed by atoms with Crippen LogP contribution in [0.1, 0.15) is 30.9 Å². The van der Waals surface area contributed by atoms with E-state index in [0.717, 1.165) is 25.2 Å². The lowest BCUT2D eigenvalue weighted by molar-refractivity contribution is -0.0834. The van der Waals surface area contributed by atoms with Crippen molar-refractivity contribution < 1.29 is 4.74 Å². The molecule has 19 heavy (non-hydrogen) atoms. The molecule has 2 aliphatic rings. The number of nitrogens with two attached hydrogens (primary N) is 1. The van der Waals surface area contributed by atoms with Gasteiger partial charge in [-0.3, -0.25) is 0 Å². The fraction of sp³-hybridized carbons (Fsp3) is 0.600. The molecule has 0 saturated carbocycles. The molecule has 2 fully saturated rings. The highest BCUT2D eigenvalue weighted by Crippen LogP contribution is 2.43. The van der Waals surface area contributed by atoms with Crippen molar-refractivity contribution in [2.45, 2.75) is 30.9 Å². The van der Waals surface area contributed by atoms with E-state index >= 15 is 0 Å². The fourth-order valence-corrected chi connectivity index (χ4v) is 5.17. The predicted molar refractivity (Wildman–Crippen MR) is 89.4 cm³/mol. The minimum Gasteiger partial charge on any atom is -0.374 e. The molecule has 2 heterocycles. The molecule has 1 aromatic rings. The Balaban J connectivity index is 1.74. The van der Waals surface area contributed by atoms with Gasteiger partial charge in [-0.05, 0) is 71.2 Å². The number of benzene rings is 1. The van der Waals surface area contributed by atoms with Gasteiger partial charge in [-0.25, -0.2) is 0 Å². The van der Waals surface area contributed by atoms with Gasteiger partial charge in [-0.1, -0.05) is 12.1 Å². The van der Waals surface area contributed by atoms with Crippen LogP contribution >= 0.6 is 34.4 Å². The topological polar surface area (TPSA) is 35.2 Å². The zero-order chi connectivity index (χ0) is 13.3. The molecule has 2 saturated heterocycles. The van der Waals surface area contributed by atoms with Crippen LogP contribution in [0.25, 0.3) is 0 Å². The Labute approximate surface area is 133 Å². The molecule has 0 radical (unpaired) electrons. The van der Waals surface area contributed by atoms with E-state index in [-0.39, 0.29) is 11.6 Å². The third-order valence-electron chi connectivity index (χ3n) is 4.34. The van der Waals surface area contributed by atoms with Crippen molar-refractivity contribution >= 4 is 34.4 Å². The minimum absolute atomic E-state index is 0.132. The number of hydrogen-bond donors (Lipinski definition) is 1. The first-order valence-electron chi connectivity index (χ1n) is 6.91. The van der Waals surface area contributed by atoms with Gasteiger partial charge in [0, 0.05) is 22.0 Å². The van der Waals surface area contributed by atoms with Crippen LogP contribution in [0.4, 0.5) is 0 Å². The lowest BCUT2D eigenvalue weighted by atomic mass is 9.79. The lowest BCUT2D eigenvalue weighted by Crippen LogP contribution is -2.42. The second-order valence-electron chi connectivity index (χ2n) is 5.67. The molecule has 104 valence electrons. The van der Waals surface area contributed by atoms with Gasteiger partial charge in [-0.15, -0.1) is 0 Å². The molecular formula is C15H20INOS. The highest BCUT2D eigenvalue weighted by Gasteiger charge is 2.42. The van der Waals surface area contributed by atoms with Gasteiger partial charge >= 0.3 is 0 Å². The second kappa shape index (κ2) is 5.92. The molecule has 3 atom stereocenters. The Bertz CT molecular complexity index is 448. The summed E-state index contributed by atoms with van der Waals surface area (Å²) in [6.07, 6.45) is 3.43. The van der Waals surface area contributed by atoms with Gasteiger partial charge in [0.1, 0.15) is 0 Å². The molecule has 0 bridgehead atoms. The maximum Gasteiger partial charge on any atom is 0.0783 e. The Morgan fingerprint density at radius 2 is 2.37 bits per heavy atom. The SMILES string of the molecule is NC(c1cccc(I)c1)C1CCOC2(CCSC2)C1. The van der Waals surface area contributed by atoms with E-state index in [9.17, 15) is 0 Å². The van der Waals surface area contributed by atoms with Crippen molar-refractivity contribution in [2.75, 3.05) is 18.1 Å². The van der Waals surface area contributed by atoms with Crippen LogP contribution in [0, 0.1) is 9.49 Å². The molecule has 0 aliphatic carbocycles. The van der Waals surface area contributed by atoms with Crippen molar-refractivity contribution in [2.24, 2.45) is 11.7 Å². The highest BCUT2D eigenvalue weighted by atomic mass is 127. The third-order valence-corrected chi connectivity index (χ3v) is 6.23. The number of hydrogen-bond acceptors (Lipinski definition) is 3. The Hall–Kier alpha value is 0.220. The van der Waals surface area contributed by atoms with Crippen LogP contribution in [0.3, 0.4) is 0 Å². The first-order chi connectivity index (χ1) is 9.19. The molecule has 0 aromatic heterocycles. The maximum absolute atomic E-state index is 6.52. The van der Waals surface area contributed by atoms with E-state index in [1.165, 1.54) is 21.3 Å². The normalized spacial score (nSPS) is 32.6. The van der Waals surface area contributed by atoms with Crippen LogP contribution in [0.2, 0.25) is 0 Å². The standard InChI is InChI=1S/C15H20INOS/c16-13-3-1-2-11(8-13)14(17)12-4-6-18-15(9-12)5-7-19-10-15/h1-3,8,12,14H,4-7,9-10,17H2. The zero-order valence-electron chi connectivity index (χ0n) is 11.0. The van der Waals surface area contributed by atoms with Crippen LogP contribution in [-0.2, 0) is 4.74 Å². The molecule has 3 unspecified atom stereocenters. The van der Waals surface area contributed by atoms with Crippen molar-refractivity contribution in [3.05, 3.63) is 33.4 Å². The number of ether oxygens (including phenoxy) is 1. The Morgan fingerprint density at radius 3 is 3.11 bits per heavy atom. The molecule has 1 aromatic carbocycles. The smallest absolute Gasteiger partial charge is 0.0783 e. The van der Waals surface area contributed by atoms with Crippen LogP contribution in [0.5, 0.6) is 0 Å². The zero-order valence-corrected chi connectivity index (χ0v) is 14.0. The second-order valence-corrected chi connectivity index (χ2v) is 8.02. The quantitative estimate of drug-likeness (QED) is 0.786. The van der Waals surface area contributed by atoms with Crippen molar-refractivity contribution in [3.8, 4) is 0 Å². The highest BCUT2D eigenvalue weighted by molar-refractivity contribution is 14.1. The minimum atomic E-state index is 0.132. The average Bonchev–Trinajstić information content (AvgIpc) is 2.86. The first kappa shape index (κ1) is 14.2. The summed E-state index contributed by atoms with van der Waals surface area (Å²) >= 11 is 4.38. The Morgan fingerprint density at radius 1 is 1.47 bits per heavy atom. The van der Waals surface area contributed by atoms with Gasteiger partial charge in [0.05, 0.1) is 5.60 Å². The summed E-state index contributed by atoms with van der Waals surface area (Å²) in [6.45, 7) is 0.878. The number of halogens is 1. The first-order valence-corrected chi connectivity index (χ1v) is 9.15. The Kier molecular flexibility index (Phi) is 4.41. The van der Waals surface area contributed by atoms with Crippen molar-refractivity contribution in [1.29, 1.82) is 0 Å². The van der Waals surface area contributed by atoms with E-state index in [0.29, 0.717) is 5.92 Å². The molecule has 3 rings (SSSR count). The largest absolute Gasteiger partial charge is 0.374 e. The lowest BCUT2D eigenvalue weighted by Gasteiger charge is -2.40. The van der Waals surface area contributed by atoms with E-state index in [1.807, 2.05) is 11.8 Å². The molecule has 4 heteroatoms. The van der Waals surface area contributed by atoms with E-state index in [1.54, 1.807) is 0 Å². The van der Waals surface area contributed by atoms with Gasteiger partial charge in [0.15, 0.2) is 0 Å².